The molecule has 0 spiro atoms. The normalized spacial score (nSPS) is 42.4. The molecule has 0 aliphatic heterocycles. The highest BCUT2D eigenvalue weighted by Gasteiger charge is 2.56. The molecule has 2 bridgehead atoms. The van der Waals surface area contributed by atoms with Crippen molar-refractivity contribution in [2.24, 2.45) is 23.7 Å². The molecule has 1 aromatic rings. The van der Waals surface area contributed by atoms with Crippen LogP contribution in [0.2, 0.25) is 0 Å². The van der Waals surface area contributed by atoms with E-state index in [4.69, 9.17) is 0 Å². The Hall–Kier alpha value is -0.820. The number of rotatable bonds is 3. The minimum absolute atomic E-state index is 0.510. The van der Waals surface area contributed by atoms with Crippen molar-refractivity contribution < 1.29 is 0 Å². The molecule has 0 saturated heterocycles. The van der Waals surface area contributed by atoms with Crippen LogP contribution in [0, 0.1) is 23.7 Å². The van der Waals surface area contributed by atoms with Crippen LogP contribution in [0.15, 0.2) is 30.3 Å². The predicted molar refractivity (Wildman–Crippen MR) is 74.2 cm³/mol. The van der Waals surface area contributed by atoms with Gasteiger partial charge in [-0.2, -0.15) is 0 Å². The highest BCUT2D eigenvalue weighted by Crippen LogP contribution is 2.61. The molecule has 0 aromatic heterocycles. The molecule has 18 heavy (non-hydrogen) atoms. The summed E-state index contributed by atoms with van der Waals surface area (Å²) < 4.78 is 0. The first kappa shape index (κ1) is 11.0. The van der Waals surface area contributed by atoms with Crippen LogP contribution in [0.5, 0.6) is 0 Å². The lowest BCUT2D eigenvalue weighted by Crippen LogP contribution is -2.53. The summed E-state index contributed by atoms with van der Waals surface area (Å²) in [6.07, 6.45) is 6.05. The number of fused-ring (bicyclic) bond motifs is 5. The Morgan fingerprint density at radius 3 is 2.61 bits per heavy atom. The van der Waals surface area contributed by atoms with Crippen molar-refractivity contribution in [1.82, 2.24) is 5.32 Å². The van der Waals surface area contributed by atoms with Crippen LogP contribution in [-0.2, 0) is 0 Å². The summed E-state index contributed by atoms with van der Waals surface area (Å²) in [6.45, 7) is 2.32. The van der Waals surface area contributed by atoms with Crippen LogP contribution in [0.25, 0.3) is 0 Å². The largest absolute Gasteiger partial charge is 0.307 e. The highest BCUT2D eigenvalue weighted by molar-refractivity contribution is 5.19. The van der Waals surface area contributed by atoms with Crippen molar-refractivity contribution >= 4 is 0 Å². The van der Waals surface area contributed by atoms with E-state index in [1.165, 1.54) is 24.8 Å². The molecule has 1 heteroatoms. The van der Waals surface area contributed by atoms with Gasteiger partial charge in [-0.05, 0) is 61.8 Å². The van der Waals surface area contributed by atoms with Gasteiger partial charge in [-0.1, -0.05) is 30.3 Å². The van der Waals surface area contributed by atoms with Crippen molar-refractivity contribution in [3.63, 3.8) is 0 Å². The molecule has 1 N–H and O–H groups in total. The van der Waals surface area contributed by atoms with Gasteiger partial charge in [0.25, 0.3) is 0 Å². The number of benzene rings is 1. The van der Waals surface area contributed by atoms with Crippen molar-refractivity contribution in [3.8, 4) is 0 Å². The lowest BCUT2D eigenvalue weighted by molar-refractivity contribution is 0.0438. The van der Waals surface area contributed by atoms with E-state index in [0.29, 0.717) is 6.04 Å². The minimum Gasteiger partial charge on any atom is -0.307 e. The number of nitrogens with one attached hydrogen (secondary N) is 1. The average Bonchev–Trinajstić information content (AvgIpc) is 2.93. The van der Waals surface area contributed by atoms with Gasteiger partial charge in [0.2, 0.25) is 0 Å². The molecular formula is C17H23N. The van der Waals surface area contributed by atoms with Crippen molar-refractivity contribution in [2.45, 2.75) is 44.7 Å². The monoisotopic (exact) mass is 241 g/mol. The molecule has 1 nitrogen and oxygen atoms in total. The van der Waals surface area contributed by atoms with Gasteiger partial charge in [-0.25, -0.2) is 0 Å². The highest BCUT2D eigenvalue weighted by atomic mass is 15.0. The first-order valence-corrected chi connectivity index (χ1v) is 7.64. The van der Waals surface area contributed by atoms with E-state index in [-0.39, 0.29) is 0 Å². The molecule has 3 aliphatic rings. The molecule has 3 saturated carbocycles. The Morgan fingerprint density at radius 1 is 1.06 bits per heavy atom. The molecule has 0 radical (unpaired) electrons. The van der Waals surface area contributed by atoms with Crippen LogP contribution in [0.4, 0.5) is 0 Å². The van der Waals surface area contributed by atoms with Crippen molar-refractivity contribution in [2.75, 3.05) is 0 Å². The second-order valence-corrected chi connectivity index (χ2v) is 6.72. The zero-order chi connectivity index (χ0) is 12.1. The topological polar surface area (TPSA) is 12.0 Å². The summed E-state index contributed by atoms with van der Waals surface area (Å²) in [7, 11) is 0. The Bertz CT molecular complexity index is 424. The molecule has 96 valence electrons. The van der Waals surface area contributed by atoms with E-state index in [1.807, 2.05) is 0 Å². The molecule has 3 aliphatic carbocycles. The van der Waals surface area contributed by atoms with Crippen LogP contribution in [0.3, 0.4) is 0 Å². The van der Waals surface area contributed by atoms with E-state index in [0.717, 1.165) is 29.7 Å². The smallest absolute Gasteiger partial charge is 0.0294 e. The maximum absolute atomic E-state index is 3.89. The first-order valence-electron chi connectivity index (χ1n) is 7.64. The molecule has 4 rings (SSSR count). The Morgan fingerprint density at radius 2 is 1.83 bits per heavy atom. The summed E-state index contributed by atoms with van der Waals surface area (Å²) in [4.78, 5) is 0. The minimum atomic E-state index is 0.510. The third kappa shape index (κ3) is 1.56. The zero-order valence-electron chi connectivity index (χ0n) is 11.2. The van der Waals surface area contributed by atoms with E-state index in [1.54, 1.807) is 6.42 Å². The first-order chi connectivity index (χ1) is 8.83. The third-order valence-electron chi connectivity index (χ3n) is 5.91. The number of hydrogen-bond acceptors (Lipinski definition) is 1. The molecule has 6 atom stereocenters. The quantitative estimate of drug-likeness (QED) is 0.849. The van der Waals surface area contributed by atoms with E-state index in [2.05, 4.69) is 42.6 Å². The fourth-order valence-corrected chi connectivity index (χ4v) is 5.02. The predicted octanol–water partition coefficient (Wildman–Crippen LogP) is 3.77. The maximum Gasteiger partial charge on any atom is 0.0294 e. The second kappa shape index (κ2) is 4.09. The molecule has 0 heterocycles. The summed E-state index contributed by atoms with van der Waals surface area (Å²) in [5.74, 6) is 4.28. The van der Waals surface area contributed by atoms with E-state index >= 15 is 0 Å². The SMILES string of the molecule is CC(N[C@@H]1C[C@@H]2C3CCC(C3)[C@@H]21)c1ccccc1. The van der Waals surface area contributed by atoms with Gasteiger partial charge < -0.3 is 5.32 Å². The second-order valence-electron chi connectivity index (χ2n) is 6.72. The Kier molecular flexibility index (Phi) is 2.51. The summed E-state index contributed by atoms with van der Waals surface area (Å²) >= 11 is 0. The number of hydrogen-bond donors (Lipinski definition) is 1. The van der Waals surface area contributed by atoms with Crippen molar-refractivity contribution in [3.05, 3.63) is 35.9 Å². The molecular weight excluding hydrogens is 218 g/mol. The van der Waals surface area contributed by atoms with Gasteiger partial charge in [-0.3, -0.25) is 0 Å². The van der Waals surface area contributed by atoms with E-state index in [9.17, 15) is 0 Å². The fourth-order valence-electron chi connectivity index (χ4n) is 5.02. The van der Waals surface area contributed by atoms with Gasteiger partial charge >= 0.3 is 0 Å². The maximum atomic E-state index is 3.89. The summed E-state index contributed by atoms with van der Waals surface area (Å²) in [6, 6.07) is 12.2. The van der Waals surface area contributed by atoms with E-state index < -0.39 is 0 Å². The average molecular weight is 241 g/mol. The molecule has 0 amide bonds. The lowest BCUT2D eigenvalue weighted by atomic mass is 9.62. The Balaban J connectivity index is 1.42. The van der Waals surface area contributed by atoms with Gasteiger partial charge in [0, 0.05) is 12.1 Å². The summed E-state index contributed by atoms with van der Waals surface area (Å²) in [5, 5.41) is 3.89. The van der Waals surface area contributed by atoms with Crippen LogP contribution in [0.1, 0.15) is 44.2 Å². The van der Waals surface area contributed by atoms with Gasteiger partial charge in [-0.15, -0.1) is 0 Å². The molecule has 1 aromatic carbocycles. The van der Waals surface area contributed by atoms with Gasteiger partial charge in [0.15, 0.2) is 0 Å². The van der Waals surface area contributed by atoms with Crippen molar-refractivity contribution in [1.29, 1.82) is 0 Å². The fraction of sp³-hybridized carbons (Fsp3) is 0.647. The standard InChI is InChI=1S/C17H23N/c1-11(12-5-3-2-4-6-12)18-16-10-15-13-7-8-14(9-13)17(15)16/h2-6,11,13-18H,7-10H2,1H3/t11?,13?,14?,15-,16-,17+/m1/s1. The van der Waals surface area contributed by atoms with Crippen LogP contribution >= 0.6 is 0 Å². The molecule has 3 fully saturated rings. The van der Waals surface area contributed by atoms with Gasteiger partial charge in [0.05, 0.1) is 0 Å². The molecule has 3 unspecified atom stereocenters. The Labute approximate surface area is 110 Å². The van der Waals surface area contributed by atoms with Crippen LogP contribution in [-0.4, -0.2) is 6.04 Å². The van der Waals surface area contributed by atoms with Crippen LogP contribution < -0.4 is 5.32 Å². The lowest BCUT2D eigenvalue weighted by Gasteiger charge is -2.49. The van der Waals surface area contributed by atoms with Gasteiger partial charge in [0.1, 0.15) is 0 Å². The summed E-state index contributed by atoms with van der Waals surface area (Å²) in [5.41, 5.74) is 1.43. The third-order valence-corrected chi connectivity index (χ3v) is 5.91. The zero-order valence-corrected chi connectivity index (χ0v) is 11.2.